The quantitative estimate of drug-likeness (QED) is 0.593. The van der Waals surface area contributed by atoms with Gasteiger partial charge in [-0.3, -0.25) is 24.2 Å². The van der Waals surface area contributed by atoms with Crippen molar-refractivity contribution in [3.8, 4) is 5.75 Å². The minimum atomic E-state index is -0.557. The summed E-state index contributed by atoms with van der Waals surface area (Å²) < 4.78 is 1.04. The molecule has 116 valence electrons. The summed E-state index contributed by atoms with van der Waals surface area (Å²) in [4.78, 5) is 35.4. The predicted octanol–water partition coefficient (Wildman–Crippen LogP) is 0.645. The van der Waals surface area contributed by atoms with Crippen LogP contribution in [0, 0.1) is 0 Å². The molecule has 1 heterocycles. The number of phenolic OH excluding ortho intramolecular Hbond substituents is 1. The number of aryl methyl sites for hydroxylation is 1. The number of rotatable bonds is 3. The van der Waals surface area contributed by atoms with E-state index in [0.717, 1.165) is 4.68 Å². The Bertz CT molecular complexity index is 856. The minimum absolute atomic E-state index is 0.0171. The largest absolute Gasteiger partial charge is 0.505 e. The zero-order valence-corrected chi connectivity index (χ0v) is 13.3. The van der Waals surface area contributed by atoms with E-state index in [-0.39, 0.29) is 27.2 Å². The molecule has 0 aliphatic carbocycles. The summed E-state index contributed by atoms with van der Waals surface area (Å²) in [5.41, 5.74) is -0.903. The van der Waals surface area contributed by atoms with Crippen LogP contribution >= 0.6 is 15.9 Å². The number of aromatic hydroxyl groups is 1. The molecule has 9 heteroatoms. The first-order valence-corrected chi connectivity index (χ1v) is 6.96. The van der Waals surface area contributed by atoms with Gasteiger partial charge in [0.2, 0.25) is 0 Å². The zero-order valence-electron chi connectivity index (χ0n) is 11.7. The van der Waals surface area contributed by atoms with E-state index in [0.29, 0.717) is 0 Å². The number of carbonyl (C=O) groups is 1. The Labute approximate surface area is 132 Å². The van der Waals surface area contributed by atoms with Crippen molar-refractivity contribution in [2.75, 3.05) is 12.4 Å². The van der Waals surface area contributed by atoms with Crippen LogP contribution in [-0.2, 0) is 7.05 Å². The summed E-state index contributed by atoms with van der Waals surface area (Å²) in [6, 6.07) is 4.45. The number of aromatic amines is 1. The Morgan fingerprint density at radius 3 is 2.68 bits per heavy atom. The fourth-order valence-corrected chi connectivity index (χ4v) is 2.37. The lowest BCUT2D eigenvalue weighted by atomic mass is 10.1. The van der Waals surface area contributed by atoms with Gasteiger partial charge in [0.05, 0.1) is 11.3 Å². The molecule has 0 unspecified atom stereocenters. The van der Waals surface area contributed by atoms with Crippen molar-refractivity contribution in [3.63, 3.8) is 0 Å². The number of anilines is 2. The Morgan fingerprint density at radius 2 is 2.05 bits per heavy atom. The van der Waals surface area contributed by atoms with Gasteiger partial charge in [0.25, 0.3) is 17.0 Å². The van der Waals surface area contributed by atoms with E-state index in [9.17, 15) is 19.5 Å². The maximum atomic E-state index is 11.9. The molecule has 0 fully saturated rings. The second-order valence-electron chi connectivity index (χ2n) is 4.40. The summed E-state index contributed by atoms with van der Waals surface area (Å²) in [6.45, 7) is 0. The number of halogens is 1. The van der Waals surface area contributed by atoms with Crippen molar-refractivity contribution in [2.45, 2.75) is 0 Å². The average Bonchev–Trinajstić information content (AvgIpc) is 2.50. The number of carbonyl (C=O) groups excluding carboxylic acids is 1. The molecule has 2 aromatic rings. The van der Waals surface area contributed by atoms with Gasteiger partial charge in [0.15, 0.2) is 5.75 Å². The highest BCUT2D eigenvalue weighted by atomic mass is 79.9. The molecule has 0 radical (unpaired) electrons. The lowest BCUT2D eigenvalue weighted by Gasteiger charge is -2.12. The third kappa shape index (κ3) is 2.75. The molecule has 0 atom stereocenters. The van der Waals surface area contributed by atoms with Gasteiger partial charge in [0, 0.05) is 14.1 Å². The third-order valence-corrected chi connectivity index (χ3v) is 3.71. The summed E-state index contributed by atoms with van der Waals surface area (Å²) in [6.07, 6.45) is 0. The standard InChI is InChI=1S/C13H13BrN4O4/c1-15-11(20)6-4-3-5-7(10(6)19)16-9-8(14)13(22)18(2)17-12(9)21/h3-5,16,19H,1-2H3,(H,15,20)(H,17,21). The third-order valence-electron chi connectivity index (χ3n) is 2.98. The van der Waals surface area contributed by atoms with Crippen molar-refractivity contribution in [1.29, 1.82) is 0 Å². The monoisotopic (exact) mass is 368 g/mol. The van der Waals surface area contributed by atoms with Gasteiger partial charge in [-0.2, -0.15) is 0 Å². The molecular formula is C13H13BrN4O4. The Hall–Kier alpha value is -2.55. The van der Waals surface area contributed by atoms with Crippen molar-refractivity contribution < 1.29 is 9.90 Å². The van der Waals surface area contributed by atoms with Crippen LogP contribution < -0.4 is 21.8 Å². The highest BCUT2D eigenvalue weighted by molar-refractivity contribution is 9.10. The van der Waals surface area contributed by atoms with E-state index >= 15 is 0 Å². The number of para-hydroxylation sites is 1. The number of nitrogens with one attached hydrogen (secondary N) is 3. The number of nitrogens with zero attached hydrogens (tertiary/aromatic N) is 1. The van der Waals surface area contributed by atoms with E-state index in [1.165, 1.54) is 32.3 Å². The van der Waals surface area contributed by atoms with Gasteiger partial charge in [-0.05, 0) is 28.1 Å². The van der Waals surface area contributed by atoms with Crippen molar-refractivity contribution in [2.24, 2.45) is 7.05 Å². The van der Waals surface area contributed by atoms with Crippen LogP contribution in [0.3, 0.4) is 0 Å². The summed E-state index contributed by atoms with van der Waals surface area (Å²) >= 11 is 3.05. The Morgan fingerprint density at radius 1 is 1.36 bits per heavy atom. The van der Waals surface area contributed by atoms with Gasteiger partial charge < -0.3 is 15.7 Å². The Kier molecular flexibility index (Phi) is 4.36. The van der Waals surface area contributed by atoms with Crippen molar-refractivity contribution in [3.05, 3.63) is 48.9 Å². The lowest BCUT2D eigenvalue weighted by molar-refractivity contribution is 0.0960. The summed E-state index contributed by atoms with van der Waals surface area (Å²) in [7, 11) is 2.84. The number of amides is 1. The number of phenols is 1. The Balaban J connectivity index is 2.54. The molecule has 0 saturated carbocycles. The average molecular weight is 369 g/mol. The van der Waals surface area contributed by atoms with Gasteiger partial charge in [-0.25, -0.2) is 0 Å². The van der Waals surface area contributed by atoms with Crippen LogP contribution in [0.4, 0.5) is 11.4 Å². The molecule has 0 aliphatic heterocycles. The number of hydrogen-bond acceptors (Lipinski definition) is 5. The SMILES string of the molecule is CNC(=O)c1cccc(Nc2c(Br)c(=O)n(C)[nH]c2=O)c1O. The number of hydrogen-bond donors (Lipinski definition) is 4. The second kappa shape index (κ2) is 6.06. The maximum Gasteiger partial charge on any atom is 0.287 e. The van der Waals surface area contributed by atoms with E-state index in [2.05, 4.69) is 31.7 Å². The molecule has 1 aromatic carbocycles. The predicted molar refractivity (Wildman–Crippen MR) is 84.8 cm³/mol. The van der Waals surface area contributed by atoms with E-state index < -0.39 is 17.0 Å². The second-order valence-corrected chi connectivity index (χ2v) is 5.19. The van der Waals surface area contributed by atoms with Gasteiger partial charge >= 0.3 is 0 Å². The molecule has 0 bridgehead atoms. The fraction of sp³-hybridized carbons (Fsp3) is 0.154. The highest BCUT2D eigenvalue weighted by Gasteiger charge is 2.16. The first-order chi connectivity index (χ1) is 10.4. The molecule has 22 heavy (non-hydrogen) atoms. The van der Waals surface area contributed by atoms with Crippen LogP contribution in [0.2, 0.25) is 0 Å². The van der Waals surface area contributed by atoms with Crippen molar-refractivity contribution in [1.82, 2.24) is 15.1 Å². The van der Waals surface area contributed by atoms with E-state index in [1.807, 2.05) is 0 Å². The highest BCUT2D eigenvalue weighted by Crippen LogP contribution is 2.30. The smallest absolute Gasteiger partial charge is 0.287 e. The summed E-state index contributed by atoms with van der Waals surface area (Å²) in [5.74, 6) is -0.799. The molecule has 0 saturated heterocycles. The normalized spacial score (nSPS) is 10.3. The zero-order chi connectivity index (χ0) is 16.4. The summed E-state index contributed by atoms with van der Waals surface area (Å²) in [5, 5.41) is 17.5. The maximum absolute atomic E-state index is 11.9. The van der Waals surface area contributed by atoms with Gasteiger partial charge in [-0.15, -0.1) is 0 Å². The molecule has 8 nitrogen and oxygen atoms in total. The molecule has 0 spiro atoms. The molecule has 2 rings (SSSR count). The number of aromatic nitrogens is 2. The first kappa shape index (κ1) is 15.8. The van der Waals surface area contributed by atoms with Crippen LogP contribution in [0.15, 0.2) is 32.3 Å². The van der Waals surface area contributed by atoms with Gasteiger partial charge in [0.1, 0.15) is 10.2 Å². The molecule has 0 aliphatic rings. The molecule has 1 amide bonds. The van der Waals surface area contributed by atoms with Crippen LogP contribution in [0.25, 0.3) is 0 Å². The van der Waals surface area contributed by atoms with Gasteiger partial charge in [-0.1, -0.05) is 6.07 Å². The fourth-order valence-electron chi connectivity index (χ4n) is 1.82. The molecular weight excluding hydrogens is 356 g/mol. The number of benzene rings is 1. The van der Waals surface area contributed by atoms with Crippen molar-refractivity contribution >= 4 is 33.2 Å². The van der Waals surface area contributed by atoms with Crippen LogP contribution in [0.1, 0.15) is 10.4 Å². The van der Waals surface area contributed by atoms with E-state index in [4.69, 9.17) is 0 Å². The molecule has 1 aromatic heterocycles. The molecule has 4 N–H and O–H groups in total. The van der Waals surface area contributed by atoms with Crippen LogP contribution in [0.5, 0.6) is 5.75 Å². The minimum Gasteiger partial charge on any atom is -0.505 e. The number of H-pyrrole nitrogens is 1. The topological polar surface area (TPSA) is 116 Å². The lowest BCUT2D eigenvalue weighted by Crippen LogP contribution is -2.29. The van der Waals surface area contributed by atoms with Crippen LogP contribution in [-0.4, -0.2) is 27.8 Å². The first-order valence-electron chi connectivity index (χ1n) is 6.16. The van der Waals surface area contributed by atoms with E-state index in [1.54, 1.807) is 0 Å².